The molecule has 1 aliphatic rings. The fraction of sp³-hybridized carbons (Fsp3) is 0.857. The zero-order valence-electron chi connectivity index (χ0n) is 13.0. The van der Waals surface area contributed by atoms with Crippen LogP contribution in [0.1, 0.15) is 39.9 Å². The normalized spacial score (nSPS) is 25.6. The molecule has 2 heterocycles. The summed E-state index contributed by atoms with van der Waals surface area (Å²) in [6.45, 7) is 11.2. The van der Waals surface area contributed by atoms with Crippen LogP contribution in [0.2, 0.25) is 0 Å². The molecule has 0 aromatic carbocycles. The van der Waals surface area contributed by atoms with Crippen molar-refractivity contribution in [3.63, 3.8) is 0 Å². The molecule has 1 fully saturated rings. The number of rotatable bonds is 2. The Morgan fingerprint density at radius 1 is 1.37 bits per heavy atom. The Bertz CT molecular complexity index is 423. The lowest BCUT2D eigenvalue weighted by Crippen LogP contribution is -2.47. The first-order valence-corrected chi connectivity index (χ1v) is 7.82. The van der Waals surface area contributed by atoms with Gasteiger partial charge in [0.05, 0.1) is 0 Å². The topological polar surface area (TPSA) is 32.3 Å². The van der Waals surface area contributed by atoms with E-state index >= 15 is 0 Å². The van der Waals surface area contributed by atoms with Crippen molar-refractivity contribution in [2.75, 3.05) is 32.1 Å². The number of nitrogens with zero attached hydrogens (tertiary/aromatic N) is 4. The SMILES string of the molecule is CC1CN(C)CCC1N(C)c1nc(C(C)(C)C)ns1. The van der Waals surface area contributed by atoms with Gasteiger partial charge in [-0.1, -0.05) is 27.7 Å². The summed E-state index contributed by atoms with van der Waals surface area (Å²) < 4.78 is 4.52. The van der Waals surface area contributed by atoms with Crippen molar-refractivity contribution in [2.24, 2.45) is 5.92 Å². The van der Waals surface area contributed by atoms with Crippen LogP contribution in [0, 0.1) is 5.92 Å². The van der Waals surface area contributed by atoms with E-state index in [-0.39, 0.29) is 5.41 Å². The fourth-order valence-electron chi connectivity index (χ4n) is 2.72. The molecule has 0 saturated carbocycles. The van der Waals surface area contributed by atoms with E-state index in [1.807, 2.05) is 0 Å². The standard InChI is InChI=1S/C14H26N4S/c1-10-9-17(5)8-7-11(10)18(6)13-15-12(16-19-13)14(2,3)4/h10-11H,7-9H2,1-6H3. The molecule has 19 heavy (non-hydrogen) atoms. The Morgan fingerprint density at radius 2 is 2.05 bits per heavy atom. The number of anilines is 1. The molecule has 108 valence electrons. The monoisotopic (exact) mass is 282 g/mol. The molecule has 0 spiro atoms. The molecule has 0 N–H and O–H groups in total. The molecule has 0 amide bonds. The van der Waals surface area contributed by atoms with Crippen LogP contribution < -0.4 is 4.90 Å². The van der Waals surface area contributed by atoms with Crippen LogP contribution in [0.15, 0.2) is 0 Å². The van der Waals surface area contributed by atoms with Crippen LogP contribution in [0.5, 0.6) is 0 Å². The van der Waals surface area contributed by atoms with Crippen molar-refractivity contribution in [3.05, 3.63) is 5.82 Å². The summed E-state index contributed by atoms with van der Waals surface area (Å²) >= 11 is 1.53. The molecule has 0 aliphatic carbocycles. The van der Waals surface area contributed by atoms with Crippen molar-refractivity contribution in [1.82, 2.24) is 14.3 Å². The van der Waals surface area contributed by atoms with Crippen LogP contribution in [-0.2, 0) is 5.41 Å². The second kappa shape index (κ2) is 5.37. The van der Waals surface area contributed by atoms with Crippen molar-refractivity contribution in [2.45, 2.75) is 45.6 Å². The molecule has 1 aromatic rings. The molecule has 4 nitrogen and oxygen atoms in total. The van der Waals surface area contributed by atoms with Gasteiger partial charge >= 0.3 is 0 Å². The first-order valence-electron chi connectivity index (χ1n) is 7.04. The zero-order chi connectivity index (χ0) is 14.2. The number of piperidine rings is 1. The van der Waals surface area contributed by atoms with Gasteiger partial charge < -0.3 is 9.80 Å². The summed E-state index contributed by atoms with van der Waals surface area (Å²) in [5.41, 5.74) is 0.0357. The highest BCUT2D eigenvalue weighted by Gasteiger charge is 2.30. The quantitative estimate of drug-likeness (QED) is 0.834. The molecule has 1 aromatic heterocycles. The van der Waals surface area contributed by atoms with Gasteiger partial charge in [0.15, 0.2) is 0 Å². The van der Waals surface area contributed by atoms with Crippen LogP contribution in [0.4, 0.5) is 5.13 Å². The molecule has 2 rings (SSSR count). The van der Waals surface area contributed by atoms with Gasteiger partial charge in [-0.05, 0) is 25.9 Å². The first-order chi connectivity index (χ1) is 8.79. The Kier molecular flexibility index (Phi) is 4.16. The molecular formula is C14H26N4S. The summed E-state index contributed by atoms with van der Waals surface area (Å²) in [5, 5.41) is 1.06. The largest absolute Gasteiger partial charge is 0.347 e. The predicted molar refractivity (Wildman–Crippen MR) is 82.1 cm³/mol. The molecule has 1 saturated heterocycles. The average molecular weight is 282 g/mol. The van der Waals surface area contributed by atoms with E-state index in [0.29, 0.717) is 12.0 Å². The number of likely N-dealkylation sites (tertiary alicyclic amines) is 1. The van der Waals surface area contributed by atoms with Gasteiger partial charge in [-0.3, -0.25) is 0 Å². The highest BCUT2D eigenvalue weighted by molar-refractivity contribution is 7.09. The maximum atomic E-state index is 4.73. The summed E-state index contributed by atoms with van der Waals surface area (Å²) in [6.07, 6.45) is 1.21. The van der Waals surface area contributed by atoms with E-state index in [4.69, 9.17) is 4.98 Å². The highest BCUT2D eigenvalue weighted by Crippen LogP contribution is 2.29. The second-order valence-electron chi connectivity index (χ2n) is 6.86. The van der Waals surface area contributed by atoms with E-state index in [2.05, 4.69) is 56.0 Å². The van der Waals surface area contributed by atoms with Crippen LogP contribution >= 0.6 is 11.5 Å². The number of hydrogen-bond donors (Lipinski definition) is 0. The molecule has 5 heteroatoms. The van der Waals surface area contributed by atoms with E-state index in [9.17, 15) is 0 Å². The van der Waals surface area contributed by atoms with Crippen LogP contribution in [0.25, 0.3) is 0 Å². The molecular weight excluding hydrogens is 256 g/mol. The lowest BCUT2D eigenvalue weighted by molar-refractivity contribution is 0.194. The Hall–Kier alpha value is -0.680. The summed E-state index contributed by atoms with van der Waals surface area (Å²) in [7, 11) is 4.37. The summed E-state index contributed by atoms with van der Waals surface area (Å²) in [6, 6.07) is 0.581. The van der Waals surface area contributed by atoms with Gasteiger partial charge in [0.2, 0.25) is 5.13 Å². The maximum Gasteiger partial charge on any atom is 0.205 e. The molecule has 0 bridgehead atoms. The zero-order valence-corrected chi connectivity index (χ0v) is 13.8. The van der Waals surface area contributed by atoms with Gasteiger partial charge in [-0.15, -0.1) is 0 Å². The third-order valence-electron chi connectivity index (χ3n) is 3.95. The summed E-state index contributed by atoms with van der Waals surface area (Å²) in [4.78, 5) is 9.48. The maximum absolute atomic E-state index is 4.73. The molecule has 0 radical (unpaired) electrons. The molecule has 2 atom stereocenters. The van der Waals surface area contributed by atoms with Gasteiger partial charge in [0.1, 0.15) is 5.82 Å². The van der Waals surface area contributed by atoms with Gasteiger partial charge in [-0.25, -0.2) is 4.98 Å². The van der Waals surface area contributed by atoms with Crippen molar-refractivity contribution in [3.8, 4) is 0 Å². The molecule has 2 unspecified atom stereocenters. The lowest BCUT2D eigenvalue weighted by atomic mass is 9.93. The minimum absolute atomic E-state index is 0.0357. The third kappa shape index (κ3) is 3.26. The van der Waals surface area contributed by atoms with E-state index in [1.165, 1.54) is 31.0 Å². The Balaban J connectivity index is 2.11. The average Bonchev–Trinajstić information content (AvgIpc) is 2.76. The predicted octanol–water partition coefficient (Wildman–Crippen LogP) is 2.61. The minimum atomic E-state index is 0.0357. The van der Waals surface area contributed by atoms with E-state index < -0.39 is 0 Å². The van der Waals surface area contributed by atoms with Crippen molar-refractivity contribution in [1.29, 1.82) is 0 Å². The number of hydrogen-bond acceptors (Lipinski definition) is 5. The summed E-state index contributed by atoms with van der Waals surface area (Å²) in [5.74, 6) is 1.63. The molecule has 1 aliphatic heterocycles. The lowest BCUT2D eigenvalue weighted by Gasteiger charge is -2.39. The van der Waals surface area contributed by atoms with Gasteiger partial charge in [-0.2, -0.15) is 4.37 Å². The van der Waals surface area contributed by atoms with Crippen molar-refractivity contribution >= 4 is 16.7 Å². The minimum Gasteiger partial charge on any atom is -0.347 e. The Labute approximate surface area is 121 Å². The second-order valence-corrected chi connectivity index (χ2v) is 7.59. The van der Waals surface area contributed by atoms with Gasteiger partial charge in [0.25, 0.3) is 0 Å². The first kappa shape index (κ1) is 14.7. The number of aromatic nitrogens is 2. The highest BCUT2D eigenvalue weighted by atomic mass is 32.1. The van der Waals surface area contributed by atoms with E-state index in [0.717, 1.165) is 11.0 Å². The van der Waals surface area contributed by atoms with Crippen LogP contribution in [-0.4, -0.2) is 47.5 Å². The van der Waals surface area contributed by atoms with E-state index in [1.54, 1.807) is 0 Å². The van der Waals surface area contributed by atoms with Gasteiger partial charge in [0, 0.05) is 36.6 Å². The smallest absolute Gasteiger partial charge is 0.205 e. The fourth-order valence-corrected chi connectivity index (χ4v) is 3.60. The van der Waals surface area contributed by atoms with Crippen LogP contribution in [0.3, 0.4) is 0 Å². The Morgan fingerprint density at radius 3 is 2.58 bits per heavy atom. The third-order valence-corrected chi connectivity index (χ3v) is 4.76. The van der Waals surface area contributed by atoms with Crippen molar-refractivity contribution < 1.29 is 0 Å².